The Labute approximate surface area is 147 Å². The number of nitrogens with zero attached hydrogens (tertiary/aromatic N) is 3. The van der Waals surface area contributed by atoms with E-state index in [1.54, 1.807) is 10.9 Å². The van der Waals surface area contributed by atoms with Gasteiger partial charge in [0.25, 0.3) is 0 Å². The minimum absolute atomic E-state index is 0.230. The molecule has 9 heteroatoms. The lowest BCUT2D eigenvalue weighted by atomic mass is 10.2. The lowest BCUT2D eigenvalue weighted by molar-refractivity contribution is -0.117. The number of thiol groups is 1. The highest BCUT2D eigenvalue weighted by molar-refractivity contribution is 7.97. The normalized spacial score (nSPS) is 11.3. The number of hydrogen-bond donors (Lipinski definition) is 2. The maximum atomic E-state index is 11.4. The average Bonchev–Trinajstić information content (AvgIpc) is 2.97. The van der Waals surface area contributed by atoms with Crippen molar-refractivity contribution in [1.29, 1.82) is 0 Å². The maximum absolute atomic E-state index is 11.4. The first-order valence-corrected chi connectivity index (χ1v) is 8.15. The van der Waals surface area contributed by atoms with Crippen LogP contribution in [-0.4, -0.2) is 52.4 Å². The predicted molar refractivity (Wildman–Crippen MR) is 91.5 cm³/mol. The van der Waals surface area contributed by atoms with Gasteiger partial charge in [0.1, 0.15) is 5.69 Å². The quantitative estimate of drug-likeness (QED) is 0.323. The Morgan fingerprint density at radius 2 is 2.04 bits per heavy atom. The molecule has 0 atom stereocenters. The number of rotatable bonds is 12. The Kier molecular flexibility index (Phi) is 9.97. The summed E-state index contributed by atoms with van der Waals surface area (Å²) in [7, 11) is 0. The van der Waals surface area contributed by atoms with E-state index in [1.807, 2.05) is 0 Å². The van der Waals surface area contributed by atoms with E-state index in [4.69, 9.17) is 9.47 Å². The van der Waals surface area contributed by atoms with E-state index in [0.717, 1.165) is 18.8 Å². The molecule has 0 aliphatic carbocycles. The van der Waals surface area contributed by atoms with Crippen LogP contribution in [0.25, 0.3) is 0 Å². The zero-order valence-electron chi connectivity index (χ0n) is 14.0. The van der Waals surface area contributed by atoms with Crippen LogP contribution in [0, 0.1) is 5.92 Å². The molecule has 1 aromatic heterocycles. The van der Waals surface area contributed by atoms with Crippen molar-refractivity contribution >= 4 is 23.7 Å². The molecule has 0 unspecified atom stereocenters. The van der Waals surface area contributed by atoms with Gasteiger partial charge in [0.05, 0.1) is 39.1 Å². The largest absolute Gasteiger partial charge is 0.379 e. The summed E-state index contributed by atoms with van der Waals surface area (Å²) in [6.45, 7) is 7.36. The molecule has 0 aliphatic heterocycles. The van der Waals surface area contributed by atoms with Crippen molar-refractivity contribution in [3.8, 4) is 0 Å². The van der Waals surface area contributed by atoms with Crippen LogP contribution < -0.4 is 5.32 Å². The lowest BCUT2D eigenvalue weighted by Crippen LogP contribution is -2.20. The van der Waals surface area contributed by atoms with E-state index >= 15 is 0 Å². The second-order valence-electron chi connectivity index (χ2n) is 5.44. The number of aromatic nitrogens is 3. The molecule has 1 N–H and O–H groups in total. The van der Waals surface area contributed by atoms with Crippen LogP contribution in [0.5, 0.6) is 0 Å². The molecule has 0 bridgehead atoms. The van der Waals surface area contributed by atoms with Gasteiger partial charge in [-0.05, 0) is 12.0 Å². The number of amides is 1. The van der Waals surface area contributed by atoms with Crippen molar-refractivity contribution in [2.75, 3.05) is 26.4 Å². The fourth-order valence-corrected chi connectivity index (χ4v) is 1.68. The highest BCUT2D eigenvalue weighted by atomic mass is 32.1. The molecule has 1 aromatic rings. The minimum atomic E-state index is -0.481. The average molecular weight is 356 g/mol. The van der Waals surface area contributed by atoms with Gasteiger partial charge in [-0.2, -0.15) is 0 Å². The van der Waals surface area contributed by atoms with Gasteiger partial charge in [-0.3, -0.25) is 9.59 Å². The van der Waals surface area contributed by atoms with Crippen LogP contribution >= 0.6 is 12.6 Å². The van der Waals surface area contributed by atoms with Crippen molar-refractivity contribution in [3.63, 3.8) is 0 Å². The van der Waals surface area contributed by atoms with E-state index in [1.165, 1.54) is 0 Å². The molecule has 1 heterocycles. The molecule has 0 aromatic carbocycles. The van der Waals surface area contributed by atoms with Crippen molar-refractivity contribution in [2.24, 2.45) is 5.92 Å². The van der Waals surface area contributed by atoms with Gasteiger partial charge in [0.2, 0.25) is 11.0 Å². The third-order valence-electron chi connectivity index (χ3n) is 2.70. The summed E-state index contributed by atoms with van der Waals surface area (Å²) in [5.74, 6) is 0.129. The molecule has 0 spiro atoms. The third kappa shape index (κ3) is 10.1. The van der Waals surface area contributed by atoms with Crippen molar-refractivity contribution in [1.82, 2.24) is 20.3 Å². The molecule has 1 rings (SSSR count). The summed E-state index contributed by atoms with van der Waals surface area (Å²) in [6, 6.07) is 0. The van der Waals surface area contributed by atoms with Gasteiger partial charge in [-0.25, -0.2) is 4.68 Å². The molecule has 1 amide bonds. The molecule has 0 radical (unpaired) electrons. The van der Waals surface area contributed by atoms with Gasteiger partial charge in [0, 0.05) is 12.7 Å². The van der Waals surface area contributed by atoms with Gasteiger partial charge in [0.15, 0.2) is 0 Å². The Bertz CT molecular complexity index is 545. The minimum Gasteiger partial charge on any atom is -0.379 e. The van der Waals surface area contributed by atoms with Gasteiger partial charge < -0.3 is 14.8 Å². The number of ether oxygens (including phenoxy) is 2. The molecule has 24 heavy (non-hydrogen) atoms. The van der Waals surface area contributed by atoms with Gasteiger partial charge in [-0.1, -0.05) is 19.1 Å². The van der Waals surface area contributed by atoms with Crippen molar-refractivity contribution < 1.29 is 19.1 Å². The molecule has 0 saturated heterocycles. The van der Waals surface area contributed by atoms with E-state index in [9.17, 15) is 9.59 Å². The first-order chi connectivity index (χ1) is 11.5. The maximum Gasteiger partial charge on any atom is 0.244 e. The van der Waals surface area contributed by atoms with Crippen molar-refractivity contribution in [3.05, 3.63) is 24.0 Å². The molecule has 134 valence electrons. The van der Waals surface area contributed by atoms with Crippen LogP contribution in [0.15, 0.2) is 18.3 Å². The van der Waals surface area contributed by atoms with Crippen LogP contribution in [0.4, 0.5) is 0 Å². The summed E-state index contributed by atoms with van der Waals surface area (Å²) in [5.41, 5.74) is 0.620. The monoisotopic (exact) mass is 356 g/mol. The van der Waals surface area contributed by atoms with Crippen LogP contribution in [0.1, 0.15) is 19.5 Å². The van der Waals surface area contributed by atoms with Crippen LogP contribution in [0.3, 0.4) is 0 Å². The summed E-state index contributed by atoms with van der Waals surface area (Å²) in [5, 5.41) is 10.00. The summed E-state index contributed by atoms with van der Waals surface area (Å²) < 4.78 is 12.5. The fourth-order valence-electron chi connectivity index (χ4n) is 1.61. The summed E-state index contributed by atoms with van der Waals surface area (Å²) in [4.78, 5) is 22.0. The topological polar surface area (TPSA) is 95.3 Å². The fraction of sp³-hybridized carbons (Fsp3) is 0.600. The highest BCUT2D eigenvalue weighted by Crippen LogP contribution is 1.94. The zero-order chi connectivity index (χ0) is 17.8. The Balaban J connectivity index is 2.15. The number of nitrogens with one attached hydrogen (secondary N) is 1. The number of hydrogen-bond acceptors (Lipinski definition) is 6. The molecule has 0 fully saturated rings. The predicted octanol–water partition coefficient (Wildman–Crippen LogP) is 0.596. The smallest absolute Gasteiger partial charge is 0.244 e. The Morgan fingerprint density at radius 1 is 1.29 bits per heavy atom. The zero-order valence-corrected chi connectivity index (χ0v) is 14.9. The Morgan fingerprint density at radius 3 is 2.75 bits per heavy atom. The molecule has 0 aliphatic rings. The van der Waals surface area contributed by atoms with Crippen LogP contribution in [0.2, 0.25) is 0 Å². The summed E-state index contributed by atoms with van der Waals surface area (Å²) in [6.07, 6.45) is 3.93. The number of carbonyl (C=O) groups excluding carboxylic acids is 2. The SMILES string of the molecule is CC(C)COCCOCCn1cc(CNC(=O)/C=C/C(=O)S)nn1. The first kappa shape index (κ1) is 20.3. The first-order valence-electron chi connectivity index (χ1n) is 7.70. The second-order valence-corrected chi connectivity index (χ2v) is 5.88. The van der Waals surface area contributed by atoms with E-state index in [0.29, 0.717) is 38.0 Å². The number of carbonyl (C=O) groups is 2. The third-order valence-corrected chi connectivity index (χ3v) is 2.84. The van der Waals surface area contributed by atoms with Crippen molar-refractivity contribution in [2.45, 2.75) is 26.9 Å². The second kappa shape index (κ2) is 11.8. The van der Waals surface area contributed by atoms with E-state index in [-0.39, 0.29) is 6.54 Å². The van der Waals surface area contributed by atoms with E-state index in [2.05, 4.69) is 42.1 Å². The standard InChI is InChI=1S/C15H24N4O4S/c1-12(2)11-23-8-7-22-6-5-19-10-13(17-18-19)9-16-14(20)3-4-15(21)24/h3-4,10,12H,5-9,11H2,1-2H3,(H,16,20)(H,21,24)/b4-3+. The summed E-state index contributed by atoms with van der Waals surface area (Å²) >= 11 is 3.53. The molecule has 8 nitrogen and oxygen atoms in total. The van der Waals surface area contributed by atoms with Gasteiger partial charge in [-0.15, -0.1) is 17.7 Å². The molecule has 0 saturated carbocycles. The molecular formula is C15H24N4O4S. The highest BCUT2D eigenvalue weighted by Gasteiger charge is 2.03. The lowest BCUT2D eigenvalue weighted by Gasteiger charge is -2.07. The van der Waals surface area contributed by atoms with E-state index < -0.39 is 11.0 Å². The van der Waals surface area contributed by atoms with Crippen LogP contribution in [-0.2, 0) is 32.2 Å². The molecular weight excluding hydrogens is 332 g/mol. The van der Waals surface area contributed by atoms with Gasteiger partial charge >= 0.3 is 0 Å². The Hall–Kier alpha value is -1.71.